The van der Waals surface area contributed by atoms with Crippen LogP contribution in [0, 0.1) is 0 Å². The molecule has 0 saturated heterocycles. The van der Waals surface area contributed by atoms with E-state index < -0.39 is 0 Å². The normalized spacial score (nSPS) is 10.2. The second-order valence-corrected chi connectivity index (χ2v) is 6.42. The van der Waals surface area contributed by atoms with Crippen molar-refractivity contribution in [2.45, 2.75) is 33.2 Å². The average Bonchev–Trinajstić information content (AvgIpc) is 2.70. The molecule has 2 N–H and O–H groups in total. The maximum absolute atomic E-state index is 5.82. The third kappa shape index (κ3) is 6.98. The molecule has 2 aromatic rings. The largest absolute Gasteiger partial charge is 0.497 e. The molecule has 0 unspecified atom stereocenters. The van der Waals surface area contributed by atoms with Gasteiger partial charge in [0.1, 0.15) is 5.75 Å². The molecule has 0 atom stereocenters. The number of anilines is 1. The number of benzene rings is 2. The molecule has 5 nitrogen and oxygen atoms in total. The van der Waals surface area contributed by atoms with Crippen molar-refractivity contribution in [2.75, 3.05) is 25.6 Å². The van der Waals surface area contributed by atoms with E-state index in [-0.39, 0.29) is 0 Å². The van der Waals surface area contributed by atoms with Crippen molar-refractivity contribution < 1.29 is 14.2 Å². The van der Waals surface area contributed by atoms with Crippen LogP contribution >= 0.6 is 12.2 Å². The van der Waals surface area contributed by atoms with Crippen molar-refractivity contribution in [2.24, 2.45) is 0 Å². The minimum Gasteiger partial charge on any atom is -0.497 e. The minimum absolute atomic E-state index is 0.550. The fourth-order valence-electron chi connectivity index (χ4n) is 2.34. The zero-order chi connectivity index (χ0) is 19.5. The maximum atomic E-state index is 5.82. The van der Waals surface area contributed by atoms with Gasteiger partial charge in [-0.05, 0) is 54.9 Å². The molecule has 0 aliphatic heterocycles. The summed E-state index contributed by atoms with van der Waals surface area (Å²) in [6.07, 6.45) is 1.89. The van der Waals surface area contributed by atoms with Crippen LogP contribution in [0.15, 0.2) is 42.5 Å². The lowest BCUT2D eigenvalue weighted by molar-refractivity contribution is 0.268. The molecule has 146 valence electrons. The van der Waals surface area contributed by atoms with Crippen LogP contribution in [0.3, 0.4) is 0 Å². The number of hydrogen-bond donors (Lipinski definition) is 2. The number of methoxy groups -OCH3 is 1. The van der Waals surface area contributed by atoms with Gasteiger partial charge in [0.25, 0.3) is 0 Å². The molecule has 0 spiro atoms. The van der Waals surface area contributed by atoms with Gasteiger partial charge in [0.2, 0.25) is 0 Å². The first-order chi connectivity index (χ1) is 13.2. The molecule has 0 amide bonds. The molecule has 27 heavy (non-hydrogen) atoms. The van der Waals surface area contributed by atoms with Gasteiger partial charge in [-0.3, -0.25) is 0 Å². The van der Waals surface area contributed by atoms with Gasteiger partial charge in [-0.1, -0.05) is 26.0 Å². The van der Waals surface area contributed by atoms with Crippen molar-refractivity contribution in [3.8, 4) is 17.2 Å². The van der Waals surface area contributed by atoms with E-state index in [2.05, 4.69) is 24.5 Å². The first kappa shape index (κ1) is 20.8. The average molecular weight is 389 g/mol. The Bertz CT molecular complexity index is 720. The lowest BCUT2D eigenvalue weighted by Gasteiger charge is -2.15. The van der Waals surface area contributed by atoms with Crippen LogP contribution in [-0.2, 0) is 6.54 Å². The standard InChI is InChI=1S/C21H28N2O3S/c1-4-12-25-19-11-8-17(14-20(19)26-13-5-2)23-21(27)22-15-16-6-9-18(24-3)10-7-16/h6-11,14H,4-5,12-13,15H2,1-3H3,(H2,22,23,27). The Balaban J connectivity index is 1.94. The Kier molecular flexibility index (Phi) is 8.71. The topological polar surface area (TPSA) is 51.8 Å². The monoisotopic (exact) mass is 388 g/mol. The molecule has 0 bridgehead atoms. The summed E-state index contributed by atoms with van der Waals surface area (Å²) in [4.78, 5) is 0. The zero-order valence-electron chi connectivity index (χ0n) is 16.2. The molecule has 0 radical (unpaired) electrons. The molecule has 2 rings (SSSR count). The van der Waals surface area contributed by atoms with Crippen LogP contribution < -0.4 is 24.8 Å². The van der Waals surface area contributed by atoms with E-state index in [0.29, 0.717) is 24.9 Å². The van der Waals surface area contributed by atoms with Crippen molar-refractivity contribution >= 4 is 23.0 Å². The van der Waals surface area contributed by atoms with Crippen molar-refractivity contribution in [3.63, 3.8) is 0 Å². The fourth-order valence-corrected chi connectivity index (χ4v) is 2.53. The van der Waals surface area contributed by atoms with Crippen LogP contribution in [-0.4, -0.2) is 25.4 Å². The van der Waals surface area contributed by atoms with Crippen molar-refractivity contribution in [1.29, 1.82) is 0 Å². The third-order valence-corrected chi connectivity index (χ3v) is 3.98. The Labute approximate surface area is 167 Å². The van der Waals surface area contributed by atoms with E-state index >= 15 is 0 Å². The van der Waals surface area contributed by atoms with E-state index in [1.165, 1.54) is 0 Å². The highest BCUT2D eigenvalue weighted by molar-refractivity contribution is 7.80. The van der Waals surface area contributed by atoms with E-state index in [0.717, 1.165) is 41.3 Å². The summed E-state index contributed by atoms with van der Waals surface area (Å²) in [7, 11) is 1.66. The van der Waals surface area contributed by atoms with Gasteiger partial charge in [-0.2, -0.15) is 0 Å². The lowest BCUT2D eigenvalue weighted by atomic mass is 10.2. The van der Waals surface area contributed by atoms with E-state index in [1.54, 1.807) is 7.11 Å². The number of rotatable bonds is 10. The van der Waals surface area contributed by atoms with Crippen molar-refractivity contribution in [1.82, 2.24) is 5.32 Å². The molecule has 0 fully saturated rings. The lowest BCUT2D eigenvalue weighted by Crippen LogP contribution is -2.27. The highest BCUT2D eigenvalue weighted by Crippen LogP contribution is 2.31. The van der Waals surface area contributed by atoms with Crippen LogP contribution in [0.25, 0.3) is 0 Å². The highest BCUT2D eigenvalue weighted by Gasteiger charge is 2.08. The molecular weight excluding hydrogens is 360 g/mol. The molecule has 0 saturated carbocycles. The summed E-state index contributed by atoms with van der Waals surface area (Å²) in [6, 6.07) is 13.6. The molecular formula is C21H28N2O3S. The first-order valence-corrected chi connectivity index (χ1v) is 9.64. The summed E-state index contributed by atoms with van der Waals surface area (Å²) in [6.45, 7) is 6.10. The van der Waals surface area contributed by atoms with Gasteiger partial charge in [0, 0.05) is 18.3 Å². The van der Waals surface area contributed by atoms with E-state index in [1.807, 2.05) is 42.5 Å². The predicted octanol–water partition coefficient (Wildman–Crippen LogP) is 4.76. The molecule has 0 heterocycles. The number of hydrogen-bond acceptors (Lipinski definition) is 4. The molecule has 2 aromatic carbocycles. The third-order valence-electron chi connectivity index (χ3n) is 3.74. The summed E-state index contributed by atoms with van der Waals surface area (Å²) in [5.41, 5.74) is 1.98. The summed E-state index contributed by atoms with van der Waals surface area (Å²) in [5.74, 6) is 2.32. The molecule has 0 aliphatic rings. The smallest absolute Gasteiger partial charge is 0.171 e. The van der Waals surface area contributed by atoms with Crippen LogP contribution in [0.4, 0.5) is 5.69 Å². The van der Waals surface area contributed by atoms with E-state index in [9.17, 15) is 0 Å². The summed E-state index contributed by atoms with van der Waals surface area (Å²) >= 11 is 5.40. The maximum Gasteiger partial charge on any atom is 0.171 e. The minimum atomic E-state index is 0.550. The quantitative estimate of drug-likeness (QED) is 0.573. The Morgan fingerprint density at radius 2 is 1.59 bits per heavy atom. The van der Waals surface area contributed by atoms with Gasteiger partial charge < -0.3 is 24.8 Å². The number of ether oxygens (including phenoxy) is 3. The number of nitrogens with one attached hydrogen (secondary N) is 2. The Morgan fingerprint density at radius 1 is 0.926 bits per heavy atom. The summed E-state index contributed by atoms with van der Waals surface area (Å²) < 4.78 is 16.7. The van der Waals surface area contributed by atoms with Gasteiger partial charge in [0.15, 0.2) is 16.6 Å². The van der Waals surface area contributed by atoms with Gasteiger partial charge in [0.05, 0.1) is 20.3 Å². The highest BCUT2D eigenvalue weighted by atomic mass is 32.1. The Hall–Kier alpha value is -2.47. The molecule has 0 aliphatic carbocycles. The van der Waals surface area contributed by atoms with Gasteiger partial charge >= 0.3 is 0 Å². The second-order valence-electron chi connectivity index (χ2n) is 6.01. The Morgan fingerprint density at radius 3 is 2.22 bits per heavy atom. The summed E-state index contributed by atoms with van der Waals surface area (Å²) in [5, 5.41) is 6.95. The molecule has 0 aromatic heterocycles. The predicted molar refractivity (Wildman–Crippen MR) is 114 cm³/mol. The van der Waals surface area contributed by atoms with Crippen LogP contribution in [0.2, 0.25) is 0 Å². The zero-order valence-corrected chi connectivity index (χ0v) is 17.0. The van der Waals surface area contributed by atoms with Gasteiger partial charge in [-0.15, -0.1) is 0 Å². The van der Waals surface area contributed by atoms with Crippen molar-refractivity contribution in [3.05, 3.63) is 48.0 Å². The number of thiocarbonyl (C=S) groups is 1. The van der Waals surface area contributed by atoms with Crippen LogP contribution in [0.1, 0.15) is 32.3 Å². The molecule has 6 heteroatoms. The van der Waals surface area contributed by atoms with E-state index in [4.69, 9.17) is 26.4 Å². The van der Waals surface area contributed by atoms with Crippen LogP contribution in [0.5, 0.6) is 17.2 Å². The first-order valence-electron chi connectivity index (χ1n) is 9.23. The SMILES string of the molecule is CCCOc1ccc(NC(=S)NCc2ccc(OC)cc2)cc1OCCC. The van der Waals surface area contributed by atoms with Gasteiger partial charge in [-0.25, -0.2) is 0 Å². The second kappa shape index (κ2) is 11.3. The fraction of sp³-hybridized carbons (Fsp3) is 0.381.